The number of hydrogen-bond donors (Lipinski definition) is 0. The van der Waals surface area contributed by atoms with Crippen LogP contribution in [0.25, 0.3) is 0 Å². The van der Waals surface area contributed by atoms with Crippen molar-refractivity contribution in [1.82, 2.24) is 13.7 Å². The van der Waals surface area contributed by atoms with Gasteiger partial charge >= 0.3 is 29.0 Å². The molecule has 0 unspecified atom stereocenters. The smallest absolute Gasteiger partial charge is 0.339 e. The normalized spacial score (nSPS) is 10.3. The molecule has 10 heteroatoms. The number of carbonyl (C=O) groups is 2. The lowest BCUT2D eigenvalue weighted by Gasteiger charge is -2.14. The molecule has 1 heterocycles. The van der Waals surface area contributed by atoms with Gasteiger partial charge in [0.05, 0.1) is 6.54 Å². The number of rotatable bonds is 9. The summed E-state index contributed by atoms with van der Waals surface area (Å²) in [5.74, 6) is -1.45. The average molecular weight is 381 g/mol. The largest absolute Gasteiger partial charge is 0.460 e. The van der Waals surface area contributed by atoms with Crippen LogP contribution in [-0.4, -0.2) is 32.2 Å². The van der Waals surface area contributed by atoms with Gasteiger partial charge in [-0.25, -0.2) is 37.7 Å². The molecule has 0 aliphatic carbocycles. The molecule has 0 N–H and O–H groups in total. The van der Waals surface area contributed by atoms with E-state index in [1.807, 2.05) is 0 Å². The summed E-state index contributed by atoms with van der Waals surface area (Å²) in [6, 6.07) is 0. The van der Waals surface area contributed by atoms with E-state index in [0.717, 1.165) is 9.13 Å². The van der Waals surface area contributed by atoms with E-state index in [-0.39, 0.29) is 30.8 Å². The Morgan fingerprint density at radius 3 is 1.74 bits per heavy atom. The molecule has 0 aliphatic rings. The summed E-state index contributed by atoms with van der Waals surface area (Å²) in [5, 5.41) is 0. The van der Waals surface area contributed by atoms with Gasteiger partial charge in [0.25, 0.3) is 0 Å². The van der Waals surface area contributed by atoms with Crippen LogP contribution in [0.4, 0.5) is 0 Å². The van der Waals surface area contributed by atoms with Gasteiger partial charge in [-0.2, -0.15) is 0 Å². The number of nitrogens with zero attached hydrogens (tertiary/aromatic N) is 3. The van der Waals surface area contributed by atoms with Gasteiger partial charge in [0, 0.05) is 17.7 Å². The van der Waals surface area contributed by atoms with Gasteiger partial charge in [0.2, 0.25) is 0 Å². The van der Waals surface area contributed by atoms with Crippen molar-refractivity contribution in [2.45, 2.75) is 47.0 Å². The molecule has 0 fully saturated rings. The quantitative estimate of drug-likeness (QED) is 0.428. The predicted octanol–water partition coefficient (Wildman–Crippen LogP) is -0.222. The van der Waals surface area contributed by atoms with Gasteiger partial charge in [0.15, 0.2) is 6.73 Å². The molecule has 0 saturated heterocycles. The fourth-order valence-electron chi connectivity index (χ4n) is 2.00. The van der Waals surface area contributed by atoms with Crippen molar-refractivity contribution in [3.63, 3.8) is 0 Å². The van der Waals surface area contributed by atoms with Gasteiger partial charge < -0.3 is 9.47 Å². The first kappa shape index (κ1) is 21.9. The highest BCUT2D eigenvalue weighted by Crippen LogP contribution is 1.94. The molecule has 0 aromatic carbocycles. The van der Waals surface area contributed by atoms with Crippen molar-refractivity contribution in [1.29, 1.82) is 0 Å². The second-order valence-corrected chi connectivity index (χ2v) is 5.84. The lowest BCUT2D eigenvalue weighted by Crippen LogP contribution is -2.55. The highest BCUT2D eigenvalue weighted by Gasteiger charge is 2.17. The molecule has 0 bridgehead atoms. The maximum atomic E-state index is 12.5. The lowest BCUT2D eigenvalue weighted by atomic mass is 10.4. The van der Waals surface area contributed by atoms with E-state index in [9.17, 15) is 24.0 Å². The van der Waals surface area contributed by atoms with Crippen LogP contribution in [0.5, 0.6) is 0 Å². The Labute approximate surface area is 154 Å². The van der Waals surface area contributed by atoms with E-state index < -0.39 is 35.7 Å². The molecule has 0 saturated carbocycles. The van der Waals surface area contributed by atoms with E-state index in [1.165, 1.54) is 13.8 Å². The lowest BCUT2D eigenvalue weighted by molar-refractivity contribution is -0.143. The maximum Gasteiger partial charge on any atom is 0.339 e. The Balaban J connectivity index is 3.27. The minimum absolute atomic E-state index is 0.0674. The fourth-order valence-corrected chi connectivity index (χ4v) is 2.00. The van der Waals surface area contributed by atoms with Crippen molar-refractivity contribution in [3.8, 4) is 0 Å². The van der Waals surface area contributed by atoms with Gasteiger partial charge in [-0.3, -0.25) is 0 Å². The van der Waals surface area contributed by atoms with Crippen LogP contribution in [0.15, 0.2) is 38.7 Å². The third-order valence-electron chi connectivity index (χ3n) is 3.40. The van der Waals surface area contributed by atoms with Crippen LogP contribution < -0.4 is 17.1 Å². The molecule has 0 aliphatic heterocycles. The first-order chi connectivity index (χ1) is 12.6. The third-order valence-corrected chi connectivity index (χ3v) is 3.40. The predicted molar refractivity (Wildman–Crippen MR) is 96.2 cm³/mol. The standard InChI is InChI=1S/C17H23N3O7/c1-6-7-18-15(23)19(8-9-26-13(21)11(2)3)17(25)20(16(18)24)10-27-14(22)12(4)5/h2,4,6-10H2,1,3,5H3. The maximum absolute atomic E-state index is 12.5. The highest BCUT2D eigenvalue weighted by molar-refractivity contribution is 5.87. The first-order valence-electron chi connectivity index (χ1n) is 8.21. The summed E-state index contributed by atoms with van der Waals surface area (Å²) < 4.78 is 12.0. The summed E-state index contributed by atoms with van der Waals surface area (Å²) >= 11 is 0. The van der Waals surface area contributed by atoms with Crippen molar-refractivity contribution >= 4 is 11.9 Å². The number of hydrogen-bond acceptors (Lipinski definition) is 7. The fraction of sp³-hybridized carbons (Fsp3) is 0.471. The molecule has 0 spiro atoms. The molecule has 0 amide bonds. The van der Waals surface area contributed by atoms with Crippen LogP contribution in [0.2, 0.25) is 0 Å². The molecular formula is C17H23N3O7. The number of ether oxygens (including phenoxy) is 2. The molecule has 1 rings (SSSR count). The highest BCUT2D eigenvalue weighted by atomic mass is 16.5. The Hall–Kier alpha value is -3.17. The Morgan fingerprint density at radius 2 is 1.26 bits per heavy atom. The van der Waals surface area contributed by atoms with E-state index in [0.29, 0.717) is 11.0 Å². The van der Waals surface area contributed by atoms with Crippen molar-refractivity contribution in [2.75, 3.05) is 6.61 Å². The second-order valence-electron chi connectivity index (χ2n) is 5.84. The zero-order chi connectivity index (χ0) is 20.7. The summed E-state index contributed by atoms with van der Waals surface area (Å²) in [6.45, 7) is 10.3. The van der Waals surface area contributed by atoms with E-state index in [1.54, 1.807) is 6.92 Å². The Morgan fingerprint density at radius 1 is 0.815 bits per heavy atom. The van der Waals surface area contributed by atoms with Crippen LogP contribution in [0.1, 0.15) is 27.2 Å². The number of esters is 2. The van der Waals surface area contributed by atoms with Crippen LogP contribution >= 0.6 is 0 Å². The summed E-state index contributed by atoms with van der Waals surface area (Å²) in [4.78, 5) is 60.3. The van der Waals surface area contributed by atoms with Crippen LogP contribution in [0, 0.1) is 0 Å². The van der Waals surface area contributed by atoms with Gasteiger partial charge in [-0.15, -0.1) is 0 Å². The van der Waals surface area contributed by atoms with Crippen molar-refractivity contribution < 1.29 is 19.1 Å². The number of carbonyl (C=O) groups excluding carboxylic acids is 2. The molecule has 0 atom stereocenters. The minimum atomic E-state index is -0.974. The molecule has 27 heavy (non-hydrogen) atoms. The van der Waals surface area contributed by atoms with Crippen LogP contribution in [0.3, 0.4) is 0 Å². The van der Waals surface area contributed by atoms with E-state index in [2.05, 4.69) is 13.2 Å². The number of aromatic nitrogens is 3. The van der Waals surface area contributed by atoms with Crippen LogP contribution in [-0.2, 0) is 38.9 Å². The zero-order valence-electron chi connectivity index (χ0n) is 15.6. The molecule has 148 valence electrons. The molecule has 1 aromatic rings. The van der Waals surface area contributed by atoms with Gasteiger partial charge in [-0.1, -0.05) is 20.1 Å². The Kier molecular flexibility index (Phi) is 7.70. The molecular weight excluding hydrogens is 358 g/mol. The monoisotopic (exact) mass is 381 g/mol. The SMILES string of the molecule is C=C(C)C(=O)OCCn1c(=O)n(CCC)c(=O)n(COC(=O)C(=C)C)c1=O. The first-order valence-corrected chi connectivity index (χ1v) is 8.21. The van der Waals surface area contributed by atoms with E-state index in [4.69, 9.17) is 9.47 Å². The topological polar surface area (TPSA) is 119 Å². The molecule has 1 aromatic heterocycles. The zero-order valence-corrected chi connectivity index (χ0v) is 15.6. The van der Waals surface area contributed by atoms with E-state index >= 15 is 0 Å². The summed E-state index contributed by atoms with van der Waals surface area (Å²) in [5.41, 5.74) is -2.44. The van der Waals surface area contributed by atoms with Gasteiger partial charge in [-0.05, 0) is 20.3 Å². The summed E-state index contributed by atoms with van der Waals surface area (Å²) in [6.07, 6.45) is 0.462. The minimum Gasteiger partial charge on any atom is -0.460 e. The average Bonchev–Trinajstić information content (AvgIpc) is 2.60. The van der Waals surface area contributed by atoms with Crippen molar-refractivity contribution in [3.05, 3.63) is 55.8 Å². The van der Waals surface area contributed by atoms with Crippen molar-refractivity contribution in [2.24, 2.45) is 0 Å². The molecule has 0 radical (unpaired) electrons. The third kappa shape index (κ3) is 5.40. The van der Waals surface area contributed by atoms with Gasteiger partial charge in [0.1, 0.15) is 6.61 Å². The second kappa shape index (κ2) is 9.51. The summed E-state index contributed by atoms with van der Waals surface area (Å²) in [7, 11) is 0. The Bertz CT molecular complexity index is 933. The molecule has 10 nitrogen and oxygen atoms in total.